The van der Waals surface area contributed by atoms with Crippen molar-refractivity contribution < 1.29 is 29.4 Å². The Kier molecular flexibility index (Phi) is 11.9. The molecule has 0 atom stereocenters. The van der Waals surface area contributed by atoms with Gasteiger partial charge in [-0.1, -0.05) is 0 Å². The second-order valence-electron chi connectivity index (χ2n) is 12.5. The Balaban J connectivity index is 0.00000212. The number of allylic oxidation sites excluding steroid dienone is 8. The van der Waals surface area contributed by atoms with Gasteiger partial charge in [0.2, 0.25) is 0 Å². The summed E-state index contributed by atoms with van der Waals surface area (Å²) in [4.78, 5) is 0. The van der Waals surface area contributed by atoms with Crippen LogP contribution in [0.3, 0.4) is 0 Å². The van der Waals surface area contributed by atoms with E-state index in [2.05, 4.69) is 90.7 Å². The van der Waals surface area contributed by atoms with E-state index in [9.17, 15) is 0 Å². The van der Waals surface area contributed by atoms with Crippen molar-refractivity contribution in [3.05, 3.63) is 40.7 Å². The van der Waals surface area contributed by atoms with Crippen LogP contribution in [0.15, 0.2) is 40.7 Å². The van der Waals surface area contributed by atoms with E-state index >= 15 is 0 Å². The molecule has 0 fully saturated rings. The molecule has 0 unspecified atom stereocenters. The van der Waals surface area contributed by atoms with Crippen molar-refractivity contribution in [3.63, 3.8) is 0 Å². The number of hydrogen-bond acceptors (Lipinski definition) is 2. The third kappa shape index (κ3) is 8.32. The van der Waals surface area contributed by atoms with Gasteiger partial charge in [-0.15, -0.1) is 0 Å². The van der Waals surface area contributed by atoms with Gasteiger partial charge in [-0.2, -0.15) is 14.2 Å². The van der Waals surface area contributed by atoms with E-state index in [1.165, 1.54) is 12.8 Å². The summed E-state index contributed by atoms with van der Waals surface area (Å²) in [6, 6.07) is 0. The summed E-state index contributed by atoms with van der Waals surface area (Å²) in [5.74, 6) is 0. The van der Waals surface area contributed by atoms with Crippen LogP contribution in [0.5, 0.6) is 0 Å². The normalized spacial score (nSPS) is 17.4. The zero-order valence-electron chi connectivity index (χ0n) is 22.9. The van der Waals surface area contributed by atoms with Crippen LogP contribution in [0.1, 0.15) is 12.8 Å². The molecular formula is C24H48O2Si4Ti. The third-order valence-electron chi connectivity index (χ3n) is 5.84. The Hall–Kier alpha value is 0.462. The van der Waals surface area contributed by atoms with Gasteiger partial charge in [-0.05, 0) is 0 Å². The van der Waals surface area contributed by atoms with Gasteiger partial charge in [-0.25, -0.2) is 0 Å². The molecule has 2 nitrogen and oxygen atoms in total. The van der Waals surface area contributed by atoms with Crippen molar-refractivity contribution in [3.8, 4) is 0 Å². The van der Waals surface area contributed by atoms with Crippen molar-refractivity contribution in [1.82, 2.24) is 0 Å². The van der Waals surface area contributed by atoms with E-state index in [0.717, 1.165) is 14.2 Å². The first kappa shape index (κ1) is 31.5. The predicted octanol–water partition coefficient (Wildman–Crippen LogP) is 5.70. The van der Waals surface area contributed by atoms with Crippen LogP contribution < -0.4 is 10.2 Å². The summed E-state index contributed by atoms with van der Waals surface area (Å²) in [6.07, 6.45) is 7.88. The Bertz CT molecular complexity index is 686. The molecule has 31 heavy (non-hydrogen) atoms. The van der Waals surface area contributed by atoms with Gasteiger partial charge in [-0.3, -0.25) is 0 Å². The molecule has 0 saturated heterocycles. The van der Waals surface area contributed by atoms with Gasteiger partial charge in [0.05, 0.1) is 0 Å². The fraction of sp³-hybridized carbons (Fsp3) is 0.667. The van der Waals surface area contributed by atoms with Gasteiger partial charge in [0.25, 0.3) is 0 Å². The van der Waals surface area contributed by atoms with Crippen molar-refractivity contribution in [2.75, 3.05) is 14.2 Å². The molecule has 176 valence electrons. The first-order valence-electron chi connectivity index (χ1n) is 11.4. The predicted molar refractivity (Wildman–Crippen MR) is 145 cm³/mol. The molecule has 0 aliphatic heterocycles. The Morgan fingerprint density at radius 2 is 0.774 bits per heavy atom. The van der Waals surface area contributed by atoms with E-state index in [1.807, 2.05) is 28.5 Å². The van der Waals surface area contributed by atoms with E-state index in [0.29, 0.717) is 0 Å². The zero-order chi connectivity index (χ0) is 25.0. The molecule has 0 aromatic rings. The first-order chi connectivity index (χ1) is 13.9. The maximum atomic E-state index is 8.25. The van der Waals surface area contributed by atoms with E-state index in [1.54, 1.807) is 0 Å². The Labute approximate surface area is 207 Å². The monoisotopic (exact) mass is 528 g/mol. The summed E-state index contributed by atoms with van der Waals surface area (Å²) in [6.45, 7) is 30.9. The van der Waals surface area contributed by atoms with E-state index in [-0.39, 0.29) is 19.2 Å². The van der Waals surface area contributed by atoms with E-state index in [4.69, 9.17) is 10.2 Å². The second-order valence-corrected chi connectivity index (χ2v) is 34.7. The molecule has 0 saturated carbocycles. The summed E-state index contributed by atoms with van der Waals surface area (Å²) < 4.78 is 3.84. The molecule has 2 rings (SSSR count). The Morgan fingerprint density at radius 3 is 0.968 bits per heavy atom. The van der Waals surface area contributed by atoms with Crippen LogP contribution in [0.4, 0.5) is 0 Å². The molecule has 2 aliphatic rings. The van der Waals surface area contributed by atoms with Crippen LogP contribution in [0, 0.1) is 0 Å². The molecule has 2 aliphatic carbocycles. The average Bonchev–Trinajstić information content (AvgIpc) is 3.21. The number of hydrogen-bond donors (Lipinski definition) is 0. The molecule has 0 spiro atoms. The molecule has 0 N–H and O–H groups in total. The Morgan fingerprint density at radius 1 is 0.516 bits per heavy atom. The zero-order valence-corrected chi connectivity index (χ0v) is 28.4. The second kappa shape index (κ2) is 11.7. The molecular weight excluding hydrogens is 480 g/mol. The van der Waals surface area contributed by atoms with Gasteiger partial charge in [0.1, 0.15) is 0 Å². The molecule has 0 amide bonds. The quantitative estimate of drug-likeness (QED) is 0.415. The molecule has 0 bridgehead atoms. The van der Waals surface area contributed by atoms with Gasteiger partial charge in [0, 0.05) is 0 Å². The standard InChI is InChI=1S/2C11H21Si2.2CH3O.Ti/c2*1-12(2,3)10-7-8-11(9-10)13(4,5)6;2*1-2;/h2*7H,8H2,1-6H3;2*1H3;/q;;2*-1;+2. The minimum absolute atomic E-state index is 0.221. The van der Waals surface area contributed by atoms with Crippen molar-refractivity contribution in [1.29, 1.82) is 0 Å². The maximum absolute atomic E-state index is 8.25. The molecule has 0 aromatic carbocycles. The summed E-state index contributed by atoms with van der Waals surface area (Å²) in [7, 11) is -3.56. The molecule has 0 radical (unpaired) electrons. The summed E-state index contributed by atoms with van der Waals surface area (Å²) >= 11 is -0.221. The van der Waals surface area contributed by atoms with Gasteiger partial charge >= 0.3 is 184 Å². The summed E-state index contributed by atoms with van der Waals surface area (Å²) in [5.41, 5.74) is 0. The first-order valence-corrected chi connectivity index (χ1v) is 27.0. The van der Waals surface area contributed by atoms with Crippen molar-refractivity contribution >= 4 is 32.3 Å². The van der Waals surface area contributed by atoms with Crippen LogP contribution in [0.25, 0.3) is 0 Å². The van der Waals surface area contributed by atoms with Crippen LogP contribution >= 0.6 is 0 Å². The van der Waals surface area contributed by atoms with Crippen LogP contribution in [-0.2, 0) is 19.2 Å². The fourth-order valence-electron chi connectivity index (χ4n) is 4.28. The SMILES string of the molecule is C[O-].C[O-].C[Si](C)(C)C1=CCC([Si](C)(C)C)=[C]1[Ti+2][C]1=C([Si](C)(C)C)CC=C1[Si](C)(C)C. The van der Waals surface area contributed by atoms with Crippen molar-refractivity contribution in [2.24, 2.45) is 0 Å². The van der Waals surface area contributed by atoms with Gasteiger partial charge in [0.15, 0.2) is 0 Å². The summed E-state index contributed by atoms with van der Waals surface area (Å²) in [5, 5.41) is 24.0. The topological polar surface area (TPSA) is 46.1 Å². The van der Waals surface area contributed by atoms with E-state index < -0.39 is 32.3 Å². The van der Waals surface area contributed by atoms with Crippen LogP contribution in [-0.4, -0.2) is 46.5 Å². The van der Waals surface area contributed by atoms with Crippen LogP contribution in [0.2, 0.25) is 78.6 Å². The minimum atomic E-state index is -1.28. The fourth-order valence-corrected chi connectivity index (χ4v) is 20.9. The van der Waals surface area contributed by atoms with Gasteiger partial charge < -0.3 is 10.2 Å². The molecule has 7 heteroatoms. The number of rotatable bonds is 6. The van der Waals surface area contributed by atoms with Crippen molar-refractivity contribution in [2.45, 2.75) is 91.4 Å². The average molecular weight is 529 g/mol. The molecule has 0 aromatic heterocycles. The third-order valence-corrected chi connectivity index (χ3v) is 18.6. The molecule has 0 heterocycles.